The molecule has 0 aliphatic rings. The molecule has 0 aliphatic heterocycles. The number of hydrogen-bond donors (Lipinski definition) is 3. The first-order valence-electron chi connectivity index (χ1n) is 7.34. The van der Waals surface area contributed by atoms with E-state index in [0.29, 0.717) is 11.3 Å². The number of ether oxygens (including phenoxy) is 1. The Hall–Kier alpha value is -2.10. The first-order chi connectivity index (χ1) is 11.8. The number of nitrogens with one attached hydrogen (secondary N) is 2. The van der Waals surface area contributed by atoms with Gasteiger partial charge in [-0.25, -0.2) is 0 Å². The minimum Gasteiger partial charge on any atom is -0.550 e. The van der Waals surface area contributed by atoms with Crippen LogP contribution in [0.25, 0.3) is 0 Å². The third-order valence-electron chi connectivity index (χ3n) is 2.65. The first-order valence-corrected chi connectivity index (χ1v) is 7.34. The largest absolute Gasteiger partial charge is 1.00 e. The average molecular weight is 376 g/mol. The molecule has 138 valence electrons. The van der Waals surface area contributed by atoms with Gasteiger partial charge < -0.3 is 30.4 Å². The molecule has 0 aromatic heterocycles. The van der Waals surface area contributed by atoms with Crippen molar-refractivity contribution >= 4 is 23.8 Å². The van der Waals surface area contributed by atoms with Crippen molar-refractivity contribution in [3.8, 4) is 5.75 Å². The second-order valence-corrected chi connectivity index (χ2v) is 4.72. The number of amides is 2. The molecule has 0 radical (unpaired) electrons. The zero-order valence-corrected chi connectivity index (χ0v) is 17.0. The number of carboxylic acids is 2. The van der Waals surface area contributed by atoms with Crippen LogP contribution in [0.4, 0.5) is 0 Å². The summed E-state index contributed by atoms with van der Waals surface area (Å²) in [6.45, 7) is 1.49. The fourth-order valence-corrected chi connectivity index (χ4v) is 1.53. The van der Waals surface area contributed by atoms with Crippen LogP contribution in [0.2, 0.25) is 0 Å². The van der Waals surface area contributed by atoms with Gasteiger partial charge in [0.05, 0.1) is 13.5 Å². The summed E-state index contributed by atoms with van der Waals surface area (Å²) in [5.74, 6) is -2.04. The van der Waals surface area contributed by atoms with Gasteiger partial charge in [0.2, 0.25) is 5.91 Å². The first kappa shape index (κ1) is 26.1. The summed E-state index contributed by atoms with van der Waals surface area (Å²) >= 11 is 0. The quantitative estimate of drug-likeness (QED) is 0.311. The molecular weight excluding hydrogens is 355 g/mol. The molecule has 0 aliphatic carbocycles. The molecule has 9 nitrogen and oxygen atoms in total. The maximum absolute atomic E-state index is 11.8. The number of aliphatic carboxylic acids is 2. The predicted molar refractivity (Wildman–Crippen MR) is 85.9 cm³/mol. The van der Waals surface area contributed by atoms with Crippen LogP contribution in [-0.4, -0.2) is 49.1 Å². The second-order valence-electron chi connectivity index (χ2n) is 4.72. The van der Waals surface area contributed by atoms with E-state index in [2.05, 4.69) is 10.6 Å². The van der Waals surface area contributed by atoms with Crippen LogP contribution < -0.4 is 50.0 Å². The van der Waals surface area contributed by atoms with Crippen molar-refractivity contribution in [2.45, 2.75) is 19.8 Å². The van der Waals surface area contributed by atoms with Crippen molar-refractivity contribution < 1.29 is 63.7 Å². The van der Waals surface area contributed by atoms with Crippen molar-refractivity contribution in [1.82, 2.24) is 10.6 Å². The summed E-state index contributed by atoms with van der Waals surface area (Å²) < 4.78 is 4.99. The molecule has 0 bridgehead atoms. The van der Waals surface area contributed by atoms with Crippen LogP contribution in [0.3, 0.4) is 0 Å². The average Bonchev–Trinajstić information content (AvgIpc) is 2.56. The molecule has 0 saturated carbocycles. The van der Waals surface area contributed by atoms with Crippen LogP contribution in [0.1, 0.15) is 30.1 Å². The Bertz CT molecular complexity index is 587. The fourth-order valence-electron chi connectivity index (χ4n) is 1.53. The Morgan fingerprint density at radius 1 is 1.04 bits per heavy atom. The molecular formula is C16H21N2NaO7. The van der Waals surface area contributed by atoms with Gasteiger partial charge in [-0.1, -0.05) is 0 Å². The number of carbonyl (C=O) groups excluding carboxylic acids is 3. The van der Waals surface area contributed by atoms with Crippen LogP contribution in [0, 0.1) is 0 Å². The summed E-state index contributed by atoms with van der Waals surface area (Å²) in [6.07, 6.45) is -0.272. The Kier molecular flexibility index (Phi) is 15.3. The summed E-state index contributed by atoms with van der Waals surface area (Å²) in [6, 6.07) is 6.64. The van der Waals surface area contributed by atoms with Crippen LogP contribution >= 0.6 is 0 Å². The van der Waals surface area contributed by atoms with Crippen molar-refractivity contribution in [2.75, 3.05) is 20.2 Å². The standard InChI is InChI=1S/C14H18N2O5.C2H4O2.Na/c1-21-11-4-2-10(3-5-11)14(20)16-9-8-15-12(17)6-7-13(18)19;1-2(3)4;/h2-5H,6-9H2,1H3,(H,15,17)(H,16,20)(H,18,19);1H3,(H,3,4);/q;;+1/p-1. The molecule has 2 amide bonds. The van der Waals surface area contributed by atoms with Crippen molar-refractivity contribution in [1.29, 1.82) is 0 Å². The normalized spacial score (nSPS) is 8.85. The van der Waals surface area contributed by atoms with Gasteiger partial charge >= 0.3 is 35.5 Å². The smallest absolute Gasteiger partial charge is 0.550 e. The van der Waals surface area contributed by atoms with E-state index in [4.69, 9.17) is 19.7 Å². The molecule has 1 rings (SSSR count). The van der Waals surface area contributed by atoms with Crippen LogP contribution in [0.15, 0.2) is 24.3 Å². The SMILES string of the molecule is CC(=O)[O-].COc1ccc(C(=O)NCCNC(=O)CCC(=O)O)cc1.[Na+]. The molecule has 0 fully saturated rings. The number of carbonyl (C=O) groups is 4. The summed E-state index contributed by atoms with van der Waals surface area (Å²) in [5.41, 5.74) is 0.494. The Morgan fingerprint density at radius 2 is 1.54 bits per heavy atom. The van der Waals surface area contributed by atoms with Gasteiger partial charge in [-0.15, -0.1) is 0 Å². The molecule has 10 heteroatoms. The maximum Gasteiger partial charge on any atom is 1.00 e. The van der Waals surface area contributed by atoms with E-state index < -0.39 is 11.9 Å². The molecule has 1 aromatic carbocycles. The number of benzene rings is 1. The van der Waals surface area contributed by atoms with Crippen molar-refractivity contribution in [3.63, 3.8) is 0 Å². The van der Waals surface area contributed by atoms with E-state index in [1.165, 1.54) is 0 Å². The van der Waals surface area contributed by atoms with E-state index in [0.717, 1.165) is 6.92 Å². The van der Waals surface area contributed by atoms with Gasteiger partial charge in [-0.2, -0.15) is 0 Å². The Labute approximate surface area is 173 Å². The molecule has 3 N–H and O–H groups in total. The van der Waals surface area contributed by atoms with Gasteiger partial charge in [0.1, 0.15) is 5.75 Å². The zero-order chi connectivity index (χ0) is 19.2. The van der Waals surface area contributed by atoms with Crippen LogP contribution in [0.5, 0.6) is 5.75 Å². The Morgan fingerprint density at radius 3 is 2.00 bits per heavy atom. The van der Waals surface area contributed by atoms with Gasteiger partial charge in [0, 0.05) is 31.0 Å². The Balaban J connectivity index is 0. The monoisotopic (exact) mass is 376 g/mol. The second kappa shape index (κ2) is 15.2. The zero-order valence-electron chi connectivity index (χ0n) is 15.0. The van der Waals surface area contributed by atoms with Gasteiger partial charge in [-0.05, 0) is 31.2 Å². The molecule has 26 heavy (non-hydrogen) atoms. The molecule has 0 unspecified atom stereocenters. The van der Waals surface area contributed by atoms with E-state index >= 15 is 0 Å². The summed E-state index contributed by atoms with van der Waals surface area (Å²) in [4.78, 5) is 42.2. The van der Waals surface area contributed by atoms with Crippen LogP contribution in [-0.2, 0) is 14.4 Å². The van der Waals surface area contributed by atoms with E-state index in [9.17, 15) is 14.4 Å². The number of carboxylic acid groups (broad SMARTS) is 2. The van der Waals surface area contributed by atoms with Gasteiger partial charge in [0.15, 0.2) is 0 Å². The third-order valence-corrected chi connectivity index (χ3v) is 2.65. The van der Waals surface area contributed by atoms with E-state index in [1.807, 2.05) is 0 Å². The van der Waals surface area contributed by atoms with Gasteiger partial charge in [-0.3, -0.25) is 14.4 Å². The third kappa shape index (κ3) is 14.3. The number of hydrogen-bond acceptors (Lipinski definition) is 6. The summed E-state index contributed by atoms with van der Waals surface area (Å²) in [7, 11) is 1.54. The maximum atomic E-state index is 11.8. The minimum absolute atomic E-state index is 0. The topological polar surface area (TPSA) is 145 Å². The summed E-state index contributed by atoms with van der Waals surface area (Å²) in [5, 5.41) is 22.5. The van der Waals surface area contributed by atoms with Crippen molar-refractivity contribution in [3.05, 3.63) is 29.8 Å². The molecule has 0 heterocycles. The number of methoxy groups -OCH3 is 1. The molecule has 0 spiro atoms. The van der Waals surface area contributed by atoms with Gasteiger partial charge in [0.25, 0.3) is 5.91 Å². The molecule has 0 saturated heterocycles. The van der Waals surface area contributed by atoms with E-state index in [1.54, 1.807) is 31.4 Å². The predicted octanol–water partition coefficient (Wildman–Crippen LogP) is -3.83. The molecule has 0 atom stereocenters. The van der Waals surface area contributed by atoms with Crippen molar-refractivity contribution in [2.24, 2.45) is 0 Å². The number of rotatable bonds is 8. The fraction of sp³-hybridized carbons (Fsp3) is 0.375. The van der Waals surface area contributed by atoms with E-state index in [-0.39, 0.29) is 67.3 Å². The molecule has 1 aromatic rings. The minimum atomic E-state index is -1.08.